The summed E-state index contributed by atoms with van der Waals surface area (Å²) in [6.45, 7) is 0. The zero-order valence-corrected chi connectivity index (χ0v) is 14.3. The molecule has 8 heteroatoms. The number of carbonyl (C=O) groups is 1. The molecule has 28 heavy (non-hydrogen) atoms. The zero-order chi connectivity index (χ0) is 19.8. The first kappa shape index (κ1) is 17.3. The second-order valence-corrected chi connectivity index (χ2v) is 6.08. The Morgan fingerprint density at radius 3 is 2.43 bits per heavy atom. The van der Waals surface area contributed by atoms with Crippen LogP contribution >= 0.6 is 0 Å². The summed E-state index contributed by atoms with van der Waals surface area (Å²) in [4.78, 5) is 20.0. The Labute approximate surface area is 157 Å². The lowest BCUT2D eigenvalue weighted by Gasteiger charge is -2.06. The molecular weight excluding hydrogens is 365 g/mol. The van der Waals surface area contributed by atoms with Crippen LogP contribution in [0, 0.1) is 5.82 Å². The smallest absolute Gasteiger partial charge is 0.258 e. The number of halogens is 1. The molecule has 5 N–H and O–H groups in total. The molecule has 0 aliphatic carbocycles. The van der Waals surface area contributed by atoms with Crippen molar-refractivity contribution < 1.29 is 24.5 Å². The summed E-state index contributed by atoms with van der Waals surface area (Å²) in [5, 5.41) is 31.4. The summed E-state index contributed by atoms with van der Waals surface area (Å²) >= 11 is 0. The second-order valence-electron chi connectivity index (χ2n) is 6.08. The molecule has 4 rings (SSSR count). The van der Waals surface area contributed by atoms with Gasteiger partial charge in [0.1, 0.15) is 17.2 Å². The Kier molecular flexibility index (Phi) is 4.08. The third-order valence-electron chi connectivity index (χ3n) is 4.22. The highest BCUT2D eigenvalue weighted by atomic mass is 19.1. The van der Waals surface area contributed by atoms with E-state index in [0.29, 0.717) is 16.6 Å². The van der Waals surface area contributed by atoms with Crippen molar-refractivity contribution in [3.05, 3.63) is 66.0 Å². The number of nitrogens with zero attached hydrogens (tertiary/aromatic N) is 1. The van der Waals surface area contributed by atoms with Crippen molar-refractivity contribution in [2.45, 2.75) is 0 Å². The third kappa shape index (κ3) is 2.96. The summed E-state index contributed by atoms with van der Waals surface area (Å²) in [6, 6.07) is 13.2. The lowest BCUT2D eigenvalue weighted by Crippen LogP contribution is -2.13. The first-order valence-corrected chi connectivity index (χ1v) is 8.24. The lowest BCUT2D eigenvalue weighted by molar-refractivity contribution is 0.102. The van der Waals surface area contributed by atoms with E-state index in [-0.39, 0.29) is 17.1 Å². The molecule has 0 saturated carbocycles. The number of hydrogen-bond donors (Lipinski definition) is 5. The SMILES string of the molecule is O=C(Nc1ccccc1F)c1cccc2[nH]c(-c3cc(O)c(O)c(O)c3)nc12. The highest BCUT2D eigenvalue weighted by Crippen LogP contribution is 2.38. The molecule has 140 valence electrons. The van der Waals surface area contributed by atoms with Crippen molar-refractivity contribution in [1.29, 1.82) is 0 Å². The molecule has 4 aromatic rings. The molecule has 1 heterocycles. The standard InChI is InChI=1S/C20H14FN3O4/c21-12-5-1-2-6-13(12)23-20(28)11-4-3-7-14-17(11)24-19(22-14)10-8-15(25)18(27)16(26)9-10/h1-9,25-27H,(H,22,24)(H,23,28). The summed E-state index contributed by atoms with van der Waals surface area (Å²) < 4.78 is 13.8. The van der Waals surface area contributed by atoms with Crippen LogP contribution in [0.1, 0.15) is 10.4 Å². The number of aromatic nitrogens is 2. The number of amides is 1. The molecular formula is C20H14FN3O4. The van der Waals surface area contributed by atoms with Gasteiger partial charge in [0, 0.05) is 5.56 Å². The molecule has 1 amide bonds. The van der Waals surface area contributed by atoms with Crippen LogP contribution in [-0.4, -0.2) is 31.2 Å². The Morgan fingerprint density at radius 1 is 1.00 bits per heavy atom. The van der Waals surface area contributed by atoms with Gasteiger partial charge in [-0.25, -0.2) is 9.37 Å². The second kappa shape index (κ2) is 6.58. The molecule has 0 spiro atoms. The van der Waals surface area contributed by atoms with Crippen LogP contribution in [0.25, 0.3) is 22.4 Å². The van der Waals surface area contributed by atoms with Crippen LogP contribution in [0.5, 0.6) is 17.2 Å². The molecule has 7 nitrogen and oxygen atoms in total. The van der Waals surface area contributed by atoms with Gasteiger partial charge in [0.15, 0.2) is 17.2 Å². The van der Waals surface area contributed by atoms with Crippen LogP contribution < -0.4 is 5.32 Å². The number of para-hydroxylation sites is 2. The van der Waals surface area contributed by atoms with Gasteiger partial charge >= 0.3 is 0 Å². The van der Waals surface area contributed by atoms with Crippen molar-refractivity contribution >= 4 is 22.6 Å². The van der Waals surface area contributed by atoms with Crippen molar-refractivity contribution in [2.75, 3.05) is 5.32 Å². The highest BCUT2D eigenvalue weighted by Gasteiger charge is 2.17. The Hall–Kier alpha value is -4.07. The van der Waals surface area contributed by atoms with Crippen LogP contribution in [0.3, 0.4) is 0 Å². The molecule has 0 radical (unpaired) electrons. The Morgan fingerprint density at radius 2 is 1.71 bits per heavy atom. The number of fused-ring (bicyclic) bond motifs is 1. The fraction of sp³-hybridized carbons (Fsp3) is 0. The van der Waals surface area contributed by atoms with Gasteiger partial charge in [-0.2, -0.15) is 0 Å². The van der Waals surface area contributed by atoms with Crippen molar-refractivity contribution in [3.8, 4) is 28.6 Å². The predicted octanol–water partition coefficient (Wildman–Crippen LogP) is 3.74. The summed E-state index contributed by atoms with van der Waals surface area (Å²) in [7, 11) is 0. The minimum atomic E-state index is -0.634. The lowest BCUT2D eigenvalue weighted by atomic mass is 10.1. The number of carbonyl (C=O) groups excluding carboxylic acids is 1. The minimum absolute atomic E-state index is 0.0497. The molecule has 1 aromatic heterocycles. The first-order valence-electron chi connectivity index (χ1n) is 8.24. The molecule has 3 aromatic carbocycles. The average Bonchev–Trinajstić information content (AvgIpc) is 3.11. The van der Waals surface area contributed by atoms with Gasteiger partial charge in [-0.3, -0.25) is 4.79 Å². The normalized spacial score (nSPS) is 10.9. The maximum atomic E-state index is 13.8. The van der Waals surface area contributed by atoms with Crippen LogP contribution in [-0.2, 0) is 0 Å². The van der Waals surface area contributed by atoms with Crippen LogP contribution in [0.15, 0.2) is 54.6 Å². The van der Waals surface area contributed by atoms with Crippen LogP contribution in [0.2, 0.25) is 0 Å². The molecule has 0 aliphatic heterocycles. The summed E-state index contributed by atoms with van der Waals surface area (Å²) in [5.74, 6) is -2.47. The Bertz CT molecular complexity index is 1200. The van der Waals surface area contributed by atoms with E-state index in [0.717, 1.165) is 0 Å². The number of imidazole rings is 1. The molecule has 0 atom stereocenters. The van der Waals surface area contributed by atoms with E-state index in [9.17, 15) is 24.5 Å². The van der Waals surface area contributed by atoms with Gasteiger partial charge in [0.05, 0.1) is 16.8 Å². The molecule has 0 bridgehead atoms. The molecule has 0 aliphatic rings. The number of nitrogens with one attached hydrogen (secondary N) is 2. The van der Waals surface area contributed by atoms with Crippen molar-refractivity contribution in [2.24, 2.45) is 0 Å². The summed E-state index contributed by atoms with van der Waals surface area (Å²) in [5.41, 5.74) is 1.44. The average molecular weight is 379 g/mol. The zero-order valence-electron chi connectivity index (χ0n) is 14.3. The van der Waals surface area contributed by atoms with E-state index in [1.165, 1.54) is 30.3 Å². The van der Waals surface area contributed by atoms with Gasteiger partial charge in [0.2, 0.25) is 0 Å². The largest absolute Gasteiger partial charge is 0.504 e. The molecule has 0 unspecified atom stereocenters. The van der Waals surface area contributed by atoms with Gasteiger partial charge in [-0.05, 0) is 36.4 Å². The molecule has 0 saturated heterocycles. The Balaban J connectivity index is 1.75. The minimum Gasteiger partial charge on any atom is -0.504 e. The number of rotatable bonds is 3. The van der Waals surface area contributed by atoms with Crippen molar-refractivity contribution in [3.63, 3.8) is 0 Å². The maximum Gasteiger partial charge on any atom is 0.258 e. The van der Waals surface area contributed by atoms with E-state index < -0.39 is 29.0 Å². The van der Waals surface area contributed by atoms with Gasteiger partial charge < -0.3 is 25.6 Å². The highest BCUT2D eigenvalue weighted by molar-refractivity contribution is 6.11. The number of H-pyrrole nitrogens is 1. The summed E-state index contributed by atoms with van der Waals surface area (Å²) in [6.07, 6.45) is 0. The number of hydrogen-bond acceptors (Lipinski definition) is 5. The monoisotopic (exact) mass is 379 g/mol. The third-order valence-corrected chi connectivity index (χ3v) is 4.22. The number of benzene rings is 3. The number of phenols is 3. The van der Waals surface area contributed by atoms with E-state index in [4.69, 9.17) is 0 Å². The number of aromatic hydroxyl groups is 3. The topological polar surface area (TPSA) is 118 Å². The van der Waals surface area contributed by atoms with Crippen LogP contribution in [0.4, 0.5) is 10.1 Å². The van der Waals surface area contributed by atoms with E-state index in [2.05, 4.69) is 15.3 Å². The predicted molar refractivity (Wildman–Crippen MR) is 101 cm³/mol. The maximum absolute atomic E-state index is 13.8. The van der Waals surface area contributed by atoms with E-state index >= 15 is 0 Å². The fourth-order valence-electron chi connectivity index (χ4n) is 2.85. The quantitative estimate of drug-likeness (QED) is 0.348. The van der Waals surface area contributed by atoms with E-state index in [1.807, 2.05) is 0 Å². The van der Waals surface area contributed by atoms with Gasteiger partial charge in [-0.1, -0.05) is 18.2 Å². The number of anilines is 1. The molecule has 0 fully saturated rings. The number of aromatic amines is 1. The number of phenolic OH excluding ortho intramolecular Hbond substituents is 3. The fourth-order valence-corrected chi connectivity index (χ4v) is 2.85. The van der Waals surface area contributed by atoms with E-state index in [1.54, 1.807) is 24.3 Å². The van der Waals surface area contributed by atoms with Crippen molar-refractivity contribution in [1.82, 2.24) is 9.97 Å². The van der Waals surface area contributed by atoms with Gasteiger partial charge in [-0.15, -0.1) is 0 Å². The van der Waals surface area contributed by atoms with Gasteiger partial charge in [0.25, 0.3) is 5.91 Å². The first-order chi connectivity index (χ1) is 13.4.